The summed E-state index contributed by atoms with van der Waals surface area (Å²) in [4.78, 5) is 25.8. The van der Waals surface area contributed by atoms with Crippen molar-refractivity contribution in [3.8, 4) is 0 Å². The first-order valence-electron chi connectivity index (χ1n) is 11.4. The lowest BCUT2D eigenvalue weighted by atomic mass is 9.97. The first-order valence-corrected chi connectivity index (χ1v) is 13.2. The zero-order valence-corrected chi connectivity index (χ0v) is 19.8. The van der Waals surface area contributed by atoms with Crippen molar-refractivity contribution in [2.45, 2.75) is 69.0 Å². The van der Waals surface area contributed by atoms with Crippen molar-refractivity contribution in [2.75, 3.05) is 6.61 Å². The SMILES string of the molecule is Cc1cccn2cc(CSc3nc4sc5c(c4c(=O)n3CC3CCCO3)CCCC5)nc12. The van der Waals surface area contributed by atoms with Crippen molar-refractivity contribution in [2.24, 2.45) is 0 Å². The van der Waals surface area contributed by atoms with Crippen LogP contribution in [0.15, 0.2) is 34.5 Å². The molecule has 1 aliphatic carbocycles. The highest BCUT2D eigenvalue weighted by atomic mass is 32.2. The van der Waals surface area contributed by atoms with Crippen LogP contribution in [-0.2, 0) is 29.9 Å². The number of rotatable bonds is 5. The van der Waals surface area contributed by atoms with E-state index in [1.807, 2.05) is 16.8 Å². The summed E-state index contributed by atoms with van der Waals surface area (Å²) in [6.45, 7) is 3.44. The van der Waals surface area contributed by atoms with Gasteiger partial charge in [0.25, 0.3) is 5.56 Å². The van der Waals surface area contributed by atoms with Gasteiger partial charge < -0.3 is 9.14 Å². The third-order valence-corrected chi connectivity index (χ3v) is 8.72. The molecule has 1 fully saturated rings. The van der Waals surface area contributed by atoms with Gasteiger partial charge >= 0.3 is 0 Å². The molecule has 1 saturated heterocycles. The van der Waals surface area contributed by atoms with Gasteiger partial charge in [-0.2, -0.15) is 0 Å². The highest BCUT2D eigenvalue weighted by molar-refractivity contribution is 7.98. The fourth-order valence-electron chi connectivity index (χ4n) is 4.90. The maximum Gasteiger partial charge on any atom is 0.263 e. The zero-order chi connectivity index (χ0) is 21.7. The largest absolute Gasteiger partial charge is 0.376 e. The molecular formula is C24H26N4O2S2. The number of imidazole rings is 1. The first kappa shape index (κ1) is 20.4. The van der Waals surface area contributed by atoms with Crippen molar-refractivity contribution in [3.63, 3.8) is 0 Å². The second kappa shape index (κ2) is 8.32. The Bertz CT molecular complexity index is 1360. The van der Waals surface area contributed by atoms with E-state index in [0.29, 0.717) is 12.3 Å². The molecule has 0 amide bonds. The van der Waals surface area contributed by atoms with E-state index in [0.717, 1.165) is 71.0 Å². The fourth-order valence-corrected chi connectivity index (χ4v) is 7.09. The van der Waals surface area contributed by atoms with E-state index < -0.39 is 0 Å². The Morgan fingerprint density at radius 2 is 2.16 bits per heavy atom. The van der Waals surface area contributed by atoms with Crippen molar-refractivity contribution >= 4 is 39.0 Å². The number of nitrogens with zero attached hydrogens (tertiary/aromatic N) is 4. The molecule has 8 heteroatoms. The molecule has 0 N–H and O–H groups in total. The summed E-state index contributed by atoms with van der Waals surface area (Å²) in [5, 5.41) is 1.64. The summed E-state index contributed by atoms with van der Waals surface area (Å²) in [5.74, 6) is 0.676. The van der Waals surface area contributed by atoms with Crippen LogP contribution < -0.4 is 5.56 Å². The lowest BCUT2D eigenvalue weighted by Gasteiger charge is -2.16. The van der Waals surface area contributed by atoms with Crippen molar-refractivity contribution in [1.82, 2.24) is 18.9 Å². The molecule has 0 spiro atoms. The molecule has 166 valence electrons. The second-order valence-electron chi connectivity index (χ2n) is 8.78. The minimum Gasteiger partial charge on any atom is -0.376 e. The quantitative estimate of drug-likeness (QED) is 0.313. The molecule has 0 bridgehead atoms. The molecule has 1 aliphatic heterocycles. The molecule has 2 aliphatic rings. The Labute approximate surface area is 194 Å². The normalized spacial score (nSPS) is 18.6. The van der Waals surface area contributed by atoms with Crippen molar-refractivity contribution in [1.29, 1.82) is 0 Å². The van der Waals surface area contributed by atoms with Gasteiger partial charge in [0.05, 0.1) is 23.7 Å². The number of hydrogen-bond donors (Lipinski definition) is 0. The fraction of sp³-hybridized carbons (Fsp3) is 0.458. The topological polar surface area (TPSA) is 61.4 Å². The van der Waals surface area contributed by atoms with Crippen LogP contribution in [0.4, 0.5) is 0 Å². The zero-order valence-electron chi connectivity index (χ0n) is 18.2. The van der Waals surface area contributed by atoms with E-state index in [4.69, 9.17) is 14.7 Å². The molecule has 1 unspecified atom stereocenters. The molecular weight excluding hydrogens is 440 g/mol. The number of hydrogen-bond acceptors (Lipinski definition) is 6. The molecule has 32 heavy (non-hydrogen) atoms. The number of thiophene rings is 1. The lowest BCUT2D eigenvalue weighted by molar-refractivity contribution is 0.0937. The van der Waals surface area contributed by atoms with E-state index in [9.17, 15) is 4.79 Å². The average Bonchev–Trinajstić information content (AvgIpc) is 3.53. The van der Waals surface area contributed by atoms with E-state index in [-0.39, 0.29) is 11.7 Å². The highest BCUT2D eigenvalue weighted by Crippen LogP contribution is 2.35. The number of pyridine rings is 1. The Kier molecular flexibility index (Phi) is 5.31. The average molecular weight is 467 g/mol. The number of aromatic nitrogens is 4. The number of fused-ring (bicyclic) bond motifs is 4. The van der Waals surface area contributed by atoms with Crippen LogP contribution in [0, 0.1) is 6.92 Å². The van der Waals surface area contributed by atoms with Gasteiger partial charge in [-0.15, -0.1) is 11.3 Å². The Balaban J connectivity index is 1.39. The number of aryl methyl sites for hydroxylation is 3. The number of ether oxygens (including phenoxy) is 1. The van der Waals surface area contributed by atoms with Crippen molar-refractivity contribution < 1.29 is 4.74 Å². The third kappa shape index (κ3) is 3.58. The van der Waals surface area contributed by atoms with Crippen LogP contribution in [0.5, 0.6) is 0 Å². The molecule has 0 aromatic carbocycles. The van der Waals surface area contributed by atoms with Crippen LogP contribution in [0.2, 0.25) is 0 Å². The third-order valence-electron chi connectivity index (χ3n) is 6.53. The predicted octanol–water partition coefficient (Wildman–Crippen LogP) is 4.76. The standard InChI is InChI=1S/C24H26N4O2S2/c1-15-6-4-10-27-12-16(25-21(15)27)14-31-24-26-22-20(18-8-2-3-9-19(18)32-22)23(29)28(24)13-17-7-5-11-30-17/h4,6,10,12,17H,2-3,5,7-9,11,13-14H2,1H3. The predicted molar refractivity (Wildman–Crippen MR) is 129 cm³/mol. The van der Waals surface area contributed by atoms with Gasteiger partial charge in [-0.1, -0.05) is 17.8 Å². The number of thioether (sulfide) groups is 1. The summed E-state index contributed by atoms with van der Waals surface area (Å²) in [6.07, 6.45) is 10.7. The minimum atomic E-state index is 0.0959. The maximum atomic E-state index is 13.7. The second-order valence-corrected chi connectivity index (χ2v) is 10.8. The molecule has 0 radical (unpaired) electrons. The van der Waals surface area contributed by atoms with Gasteiger partial charge in [-0.3, -0.25) is 9.36 Å². The molecule has 0 saturated carbocycles. The molecule has 4 aromatic rings. The van der Waals surface area contributed by atoms with E-state index in [1.165, 1.54) is 16.9 Å². The Morgan fingerprint density at radius 3 is 3.00 bits per heavy atom. The van der Waals surface area contributed by atoms with Gasteiger partial charge in [0, 0.05) is 29.6 Å². The summed E-state index contributed by atoms with van der Waals surface area (Å²) >= 11 is 3.32. The van der Waals surface area contributed by atoms with Gasteiger partial charge in [-0.05, 0) is 62.6 Å². The van der Waals surface area contributed by atoms with Crippen molar-refractivity contribution in [3.05, 3.63) is 56.6 Å². The van der Waals surface area contributed by atoms with E-state index >= 15 is 0 Å². The van der Waals surface area contributed by atoms with E-state index in [2.05, 4.69) is 23.6 Å². The molecule has 1 atom stereocenters. The van der Waals surface area contributed by atoms with Crippen LogP contribution in [0.25, 0.3) is 15.9 Å². The maximum absolute atomic E-state index is 13.7. The molecule has 5 heterocycles. The Morgan fingerprint density at radius 1 is 1.25 bits per heavy atom. The van der Waals surface area contributed by atoms with Gasteiger partial charge in [0.1, 0.15) is 10.5 Å². The summed E-state index contributed by atoms with van der Waals surface area (Å²) in [5.41, 5.74) is 4.49. The van der Waals surface area contributed by atoms with E-state index in [1.54, 1.807) is 23.1 Å². The van der Waals surface area contributed by atoms with Crippen LogP contribution >= 0.6 is 23.1 Å². The minimum absolute atomic E-state index is 0.0959. The lowest BCUT2D eigenvalue weighted by Crippen LogP contribution is -2.29. The smallest absolute Gasteiger partial charge is 0.263 e. The summed E-state index contributed by atoms with van der Waals surface area (Å²) < 4.78 is 9.82. The molecule has 6 rings (SSSR count). The first-order chi connectivity index (χ1) is 15.7. The van der Waals surface area contributed by atoms with Crippen LogP contribution in [0.3, 0.4) is 0 Å². The van der Waals surface area contributed by atoms with Gasteiger partial charge in [-0.25, -0.2) is 9.97 Å². The van der Waals surface area contributed by atoms with Gasteiger partial charge in [0.15, 0.2) is 5.16 Å². The summed E-state index contributed by atoms with van der Waals surface area (Å²) in [6, 6.07) is 4.11. The highest BCUT2D eigenvalue weighted by Gasteiger charge is 2.25. The monoisotopic (exact) mass is 466 g/mol. The molecule has 6 nitrogen and oxygen atoms in total. The Hall–Kier alpha value is -2.16. The summed E-state index contributed by atoms with van der Waals surface area (Å²) in [7, 11) is 0. The van der Waals surface area contributed by atoms with Crippen LogP contribution in [-0.4, -0.2) is 31.6 Å². The molecule has 4 aromatic heterocycles. The van der Waals surface area contributed by atoms with Crippen LogP contribution in [0.1, 0.15) is 47.4 Å². The van der Waals surface area contributed by atoms with Gasteiger partial charge in [0.2, 0.25) is 0 Å².